The van der Waals surface area contributed by atoms with E-state index in [0.717, 1.165) is 16.6 Å². The summed E-state index contributed by atoms with van der Waals surface area (Å²) in [4.78, 5) is 0. The summed E-state index contributed by atoms with van der Waals surface area (Å²) in [5.74, 6) is 0. The third kappa shape index (κ3) is 1.99. The summed E-state index contributed by atoms with van der Waals surface area (Å²) in [6.45, 7) is 3.97. The molecule has 0 bridgehead atoms. The molecule has 1 aromatic heterocycles. The van der Waals surface area contributed by atoms with Gasteiger partial charge in [0.05, 0.1) is 11.6 Å². The second kappa shape index (κ2) is 5.11. The third-order valence-corrected chi connectivity index (χ3v) is 3.97. The number of fused-ring (bicyclic) bond motifs is 2. The normalized spacial score (nSPS) is 12.5. The Morgan fingerprint density at radius 3 is 2.32 bits per heavy atom. The van der Waals surface area contributed by atoms with Crippen LogP contribution in [-0.4, -0.2) is 15.0 Å². The van der Waals surface area contributed by atoms with Gasteiger partial charge in [0, 0.05) is 0 Å². The Balaban J connectivity index is 1.94. The lowest BCUT2D eigenvalue weighted by Gasteiger charge is -2.14. The molecular weight excluding hydrogens is 270 g/mol. The molecule has 1 heterocycles. The van der Waals surface area contributed by atoms with Gasteiger partial charge in [-0.1, -0.05) is 65.9 Å². The van der Waals surface area contributed by atoms with Gasteiger partial charge >= 0.3 is 0 Å². The van der Waals surface area contributed by atoms with E-state index in [2.05, 4.69) is 53.3 Å². The molecule has 0 radical (unpaired) electrons. The zero-order valence-corrected chi connectivity index (χ0v) is 12.1. The molecule has 4 aromatic rings. The molecule has 0 saturated heterocycles. The lowest BCUT2D eigenvalue weighted by molar-refractivity contribution is 0.604. The SMILES string of the molecule is C=C[C@H](c1ccccc1)n1nnc2cc3ccccc3cc21. The van der Waals surface area contributed by atoms with Gasteiger partial charge in [0.2, 0.25) is 0 Å². The van der Waals surface area contributed by atoms with Gasteiger partial charge in [-0.05, 0) is 28.5 Å². The molecule has 1 atom stereocenters. The predicted octanol–water partition coefficient (Wildman–Crippen LogP) is 4.36. The van der Waals surface area contributed by atoms with E-state index in [-0.39, 0.29) is 6.04 Å². The van der Waals surface area contributed by atoms with Crippen molar-refractivity contribution in [3.8, 4) is 0 Å². The topological polar surface area (TPSA) is 30.7 Å². The first-order chi connectivity index (χ1) is 10.9. The van der Waals surface area contributed by atoms with Crippen molar-refractivity contribution in [2.24, 2.45) is 0 Å². The molecule has 0 spiro atoms. The summed E-state index contributed by atoms with van der Waals surface area (Å²) in [5.41, 5.74) is 3.08. The van der Waals surface area contributed by atoms with Crippen LogP contribution in [0, 0.1) is 0 Å². The highest BCUT2D eigenvalue weighted by Crippen LogP contribution is 2.26. The highest BCUT2D eigenvalue weighted by Gasteiger charge is 2.15. The zero-order valence-electron chi connectivity index (χ0n) is 12.1. The molecule has 0 saturated carbocycles. The summed E-state index contributed by atoms with van der Waals surface area (Å²) < 4.78 is 1.93. The van der Waals surface area contributed by atoms with Crippen LogP contribution in [0.3, 0.4) is 0 Å². The van der Waals surface area contributed by atoms with Crippen molar-refractivity contribution in [1.82, 2.24) is 15.0 Å². The molecule has 3 heteroatoms. The van der Waals surface area contributed by atoms with E-state index in [9.17, 15) is 0 Å². The van der Waals surface area contributed by atoms with E-state index in [0.29, 0.717) is 0 Å². The fourth-order valence-corrected chi connectivity index (χ4v) is 2.86. The molecule has 0 fully saturated rings. The monoisotopic (exact) mass is 285 g/mol. The maximum atomic E-state index is 4.36. The molecule has 3 nitrogen and oxygen atoms in total. The molecule has 0 aliphatic rings. The molecule has 0 amide bonds. The second-order valence-electron chi connectivity index (χ2n) is 5.31. The van der Waals surface area contributed by atoms with E-state index >= 15 is 0 Å². The first-order valence-electron chi connectivity index (χ1n) is 7.28. The van der Waals surface area contributed by atoms with Gasteiger partial charge in [0.25, 0.3) is 0 Å². The first-order valence-corrected chi connectivity index (χ1v) is 7.28. The Kier molecular flexibility index (Phi) is 2.97. The maximum absolute atomic E-state index is 4.36. The van der Waals surface area contributed by atoms with Gasteiger partial charge in [0.1, 0.15) is 5.52 Å². The van der Waals surface area contributed by atoms with Crippen LogP contribution < -0.4 is 0 Å². The highest BCUT2D eigenvalue weighted by atomic mass is 15.4. The molecule has 106 valence electrons. The minimum atomic E-state index is -0.0210. The number of aromatic nitrogens is 3. The van der Waals surface area contributed by atoms with Gasteiger partial charge in [-0.2, -0.15) is 0 Å². The van der Waals surface area contributed by atoms with Crippen molar-refractivity contribution in [1.29, 1.82) is 0 Å². The molecule has 3 aromatic carbocycles. The van der Waals surface area contributed by atoms with Crippen molar-refractivity contribution in [3.05, 3.63) is 84.9 Å². The summed E-state index contributed by atoms with van der Waals surface area (Å²) >= 11 is 0. The largest absolute Gasteiger partial charge is 0.233 e. The lowest BCUT2D eigenvalue weighted by Crippen LogP contribution is -2.09. The molecule has 0 unspecified atom stereocenters. The van der Waals surface area contributed by atoms with Crippen molar-refractivity contribution in [2.45, 2.75) is 6.04 Å². The van der Waals surface area contributed by atoms with E-state index in [4.69, 9.17) is 0 Å². The van der Waals surface area contributed by atoms with E-state index in [1.807, 2.05) is 41.1 Å². The first kappa shape index (κ1) is 12.8. The summed E-state index contributed by atoms with van der Waals surface area (Å²) in [6, 6.07) is 22.7. The Labute approximate surface area is 128 Å². The minimum Gasteiger partial charge on any atom is -0.233 e. The van der Waals surface area contributed by atoms with E-state index < -0.39 is 0 Å². The average Bonchev–Trinajstić information content (AvgIpc) is 2.97. The standard InChI is InChI=1S/C19H15N3/c1-2-18(14-8-4-3-5-9-14)22-19-13-16-11-7-6-10-15(16)12-17(19)20-21-22/h2-13,18H,1H2/t18-/m1/s1. The van der Waals surface area contributed by atoms with Gasteiger partial charge in [-0.3, -0.25) is 0 Å². The lowest BCUT2D eigenvalue weighted by atomic mass is 10.1. The smallest absolute Gasteiger partial charge is 0.113 e. The Bertz CT molecular complexity index is 954. The number of hydrogen-bond acceptors (Lipinski definition) is 2. The van der Waals surface area contributed by atoms with Crippen LogP contribution in [0.5, 0.6) is 0 Å². The Morgan fingerprint density at radius 1 is 0.909 bits per heavy atom. The van der Waals surface area contributed by atoms with Gasteiger partial charge in [0.15, 0.2) is 0 Å². The number of allylic oxidation sites excluding steroid dienone is 1. The highest BCUT2D eigenvalue weighted by molar-refractivity contribution is 5.94. The molecular formula is C19H15N3. The van der Waals surface area contributed by atoms with Crippen LogP contribution in [0.1, 0.15) is 11.6 Å². The van der Waals surface area contributed by atoms with Gasteiger partial charge in [-0.25, -0.2) is 4.68 Å². The third-order valence-electron chi connectivity index (χ3n) is 3.97. The van der Waals surface area contributed by atoms with E-state index in [1.54, 1.807) is 0 Å². The van der Waals surface area contributed by atoms with Gasteiger partial charge in [-0.15, -0.1) is 11.7 Å². The zero-order chi connectivity index (χ0) is 14.9. The number of rotatable bonds is 3. The van der Waals surface area contributed by atoms with Crippen LogP contribution >= 0.6 is 0 Å². The van der Waals surface area contributed by atoms with Crippen LogP contribution in [-0.2, 0) is 0 Å². The van der Waals surface area contributed by atoms with Crippen molar-refractivity contribution >= 4 is 21.8 Å². The quantitative estimate of drug-likeness (QED) is 0.524. The molecule has 22 heavy (non-hydrogen) atoms. The summed E-state index contributed by atoms with van der Waals surface area (Å²) in [7, 11) is 0. The molecule has 0 aliphatic carbocycles. The number of benzene rings is 3. The Hall–Kier alpha value is -2.94. The number of nitrogens with zero attached hydrogens (tertiary/aromatic N) is 3. The fraction of sp³-hybridized carbons (Fsp3) is 0.0526. The fourth-order valence-electron chi connectivity index (χ4n) is 2.86. The molecule has 0 aliphatic heterocycles. The number of hydrogen-bond donors (Lipinski definition) is 0. The van der Waals surface area contributed by atoms with Crippen LogP contribution in [0.15, 0.2) is 79.4 Å². The predicted molar refractivity (Wildman–Crippen MR) is 89.8 cm³/mol. The maximum Gasteiger partial charge on any atom is 0.113 e. The summed E-state index contributed by atoms with van der Waals surface area (Å²) in [5, 5.41) is 11.1. The van der Waals surface area contributed by atoms with Gasteiger partial charge < -0.3 is 0 Å². The van der Waals surface area contributed by atoms with Crippen LogP contribution in [0.2, 0.25) is 0 Å². The molecule has 4 rings (SSSR count). The van der Waals surface area contributed by atoms with E-state index in [1.165, 1.54) is 10.8 Å². The summed E-state index contributed by atoms with van der Waals surface area (Å²) in [6.07, 6.45) is 1.90. The van der Waals surface area contributed by atoms with Crippen LogP contribution in [0.4, 0.5) is 0 Å². The van der Waals surface area contributed by atoms with Crippen LogP contribution in [0.25, 0.3) is 21.8 Å². The Morgan fingerprint density at radius 2 is 1.59 bits per heavy atom. The molecule has 0 N–H and O–H groups in total. The minimum absolute atomic E-state index is 0.0210. The van der Waals surface area contributed by atoms with Crippen molar-refractivity contribution in [2.75, 3.05) is 0 Å². The van der Waals surface area contributed by atoms with Crippen molar-refractivity contribution < 1.29 is 0 Å². The average molecular weight is 285 g/mol. The van der Waals surface area contributed by atoms with Crippen molar-refractivity contribution in [3.63, 3.8) is 0 Å². The second-order valence-corrected chi connectivity index (χ2v) is 5.31.